The van der Waals surface area contributed by atoms with Crippen molar-refractivity contribution < 1.29 is 13.9 Å². The minimum absolute atomic E-state index is 0.101. The van der Waals surface area contributed by atoms with E-state index in [0.717, 1.165) is 11.8 Å². The van der Waals surface area contributed by atoms with Gasteiger partial charge in [0.05, 0.1) is 11.2 Å². The highest BCUT2D eigenvalue weighted by Crippen LogP contribution is 2.21. The minimum Gasteiger partial charge on any atom is -0.483 e. The van der Waals surface area contributed by atoms with E-state index in [9.17, 15) is 9.18 Å². The van der Waals surface area contributed by atoms with Gasteiger partial charge in [-0.3, -0.25) is 4.79 Å². The molecule has 0 heterocycles. The van der Waals surface area contributed by atoms with E-state index in [4.69, 9.17) is 27.9 Å². The predicted molar refractivity (Wildman–Crippen MR) is 88.8 cm³/mol. The number of carbonyl (C=O) groups is 1. The molecule has 1 N–H and O–H groups in total. The fraction of sp³-hybridized carbons (Fsp3) is 0.125. The van der Waals surface area contributed by atoms with Crippen LogP contribution in [0.15, 0.2) is 41.5 Å². The van der Waals surface area contributed by atoms with Crippen LogP contribution in [0, 0.1) is 12.7 Å². The van der Waals surface area contributed by atoms with Crippen molar-refractivity contribution in [3.05, 3.63) is 63.4 Å². The number of hydrogen-bond acceptors (Lipinski definition) is 3. The highest BCUT2D eigenvalue weighted by atomic mass is 35.5. The first kappa shape index (κ1) is 17.2. The summed E-state index contributed by atoms with van der Waals surface area (Å²) < 4.78 is 18.9. The molecule has 2 aromatic carbocycles. The highest BCUT2D eigenvalue weighted by molar-refractivity contribution is 6.33. The lowest BCUT2D eigenvalue weighted by atomic mass is 10.2. The molecule has 0 fully saturated rings. The van der Waals surface area contributed by atoms with Crippen molar-refractivity contribution in [1.82, 2.24) is 5.43 Å². The van der Waals surface area contributed by atoms with Gasteiger partial charge in [-0.15, -0.1) is 0 Å². The van der Waals surface area contributed by atoms with Gasteiger partial charge in [-0.1, -0.05) is 29.3 Å². The summed E-state index contributed by atoms with van der Waals surface area (Å²) in [6, 6.07) is 9.33. The van der Waals surface area contributed by atoms with Crippen LogP contribution in [0.3, 0.4) is 0 Å². The van der Waals surface area contributed by atoms with Gasteiger partial charge in [-0.2, -0.15) is 5.10 Å². The van der Waals surface area contributed by atoms with Crippen molar-refractivity contribution in [3.8, 4) is 5.75 Å². The van der Waals surface area contributed by atoms with E-state index in [2.05, 4.69) is 10.5 Å². The molecule has 120 valence electrons. The van der Waals surface area contributed by atoms with Gasteiger partial charge in [0.1, 0.15) is 11.6 Å². The Labute approximate surface area is 142 Å². The van der Waals surface area contributed by atoms with Crippen molar-refractivity contribution in [2.75, 3.05) is 6.61 Å². The number of aryl methyl sites for hydroxylation is 1. The lowest BCUT2D eigenvalue weighted by Crippen LogP contribution is -2.24. The van der Waals surface area contributed by atoms with Gasteiger partial charge >= 0.3 is 0 Å². The van der Waals surface area contributed by atoms with Crippen molar-refractivity contribution >= 4 is 35.3 Å². The third-order valence-corrected chi connectivity index (χ3v) is 3.44. The van der Waals surface area contributed by atoms with Gasteiger partial charge in [0.25, 0.3) is 5.91 Å². The molecule has 0 atom stereocenters. The summed E-state index contributed by atoms with van der Waals surface area (Å²) in [5.74, 6) is -0.461. The molecule has 0 bridgehead atoms. The number of hydrazone groups is 1. The highest BCUT2D eigenvalue weighted by Gasteiger charge is 2.06. The van der Waals surface area contributed by atoms with E-state index in [0.29, 0.717) is 10.8 Å². The lowest BCUT2D eigenvalue weighted by Gasteiger charge is -2.08. The van der Waals surface area contributed by atoms with Crippen molar-refractivity contribution in [2.45, 2.75) is 6.92 Å². The number of nitrogens with zero attached hydrogens (tertiary/aromatic N) is 1. The Kier molecular flexibility index (Phi) is 5.96. The summed E-state index contributed by atoms with van der Waals surface area (Å²) >= 11 is 11.7. The zero-order valence-electron chi connectivity index (χ0n) is 12.1. The molecule has 2 rings (SSSR count). The maximum absolute atomic E-state index is 13.5. The summed E-state index contributed by atoms with van der Waals surface area (Å²) in [7, 11) is 0. The Morgan fingerprint density at radius 3 is 2.83 bits per heavy atom. The van der Waals surface area contributed by atoms with E-state index in [1.807, 2.05) is 6.92 Å². The molecule has 0 unspecified atom stereocenters. The van der Waals surface area contributed by atoms with Crippen LogP contribution in [0.5, 0.6) is 5.75 Å². The molecule has 23 heavy (non-hydrogen) atoms. The largest absolute Gasteiger partial charge is 0.483 e. The second-order valence-corrected chi connectivity index (χ2v) is 5.47. The summed E-state index contributed by atoms with van der Waals surface area (Å²) in [6.07, 6.45) is 1.14. The Morgan fingerprint density at radius 2 is 2.13 bits per heavy atom. The summed E-state index contributed by atoms with van der Waals surface area (Å²) in [6.45, 7) is 1.59. The van der Waals surface area contributed by atoms with Gasteiger partial charge in [0.2, 0.25) is 0 Å². The fourth-order valence-corrected chi connectivity index (χ4v) is 2.19. The maximum Gasteiger partial charge on any atom is 0.277 e. The van der Waals surface area contributed by atoms with Crippen molar-refractivity contribution in [2.24, 2.45) is 5.10 Å². The number of halogens is 3. The van der Waals surface area contributed by atoms with Gasteiger partial charge in [0, 0.05) is 10.6 Å². The quantitative estimate of drug-likeness (QED) is 0.652. The van der Waals surface area contributed by atoms with E-state index < -0.39 is 11.7 Å². The molecule has 4 nitrogen and oxygen atoms in total. The molecule has 0 radical (unpaired) electrons. The van der Waals surface area contributed by atoms with Crippen molar-refractivity contribution in [3.63, 3.8) is 0 Å². The second-order valence-electron chi connectivity index (χ2n) is 4.63. The Morgan fingerprint density at radius 1 is 1.35 bits per heavy atom. The summed E-state index contributed by atoms with van der Waals surface area (Å²) in [4.78, 5) is 11.7. The Bertz CT molecular complexity index is 731. The maximum atomic E-state index is 13.5. The monoisotopic (exact) mass is 354 g/mol. The SMILES string of the molecule is Cc1cc(Cl)ccc1OCC(=O)NN=Cc1c(F)cccc1Cl. The smallest absolute Gasteiger partial charge is 0.277 e. The molecule has 0 aliphatic rings. The molecule has 0 saturated heterocycles. The van der Waals surface area contributed by atoms with Crippen LogP contribution >= 0.6 is 23.2 Å². The van der Waals surface area contributed by atoms with Gasteiger partial charge in [-0.05, 0) is 42.8 Å². The van der Waals surface area contributed by atoms with Crippen molar-refractivity contribution in [1.29, 1.82) is 0 Å². The number of benzene rings is 2. The van der Waals surface area contributed by atoms with Crippen LogP contribution < -0.4 is 10.2 Å². The van der Waals surface area contributed by atoms with Crippen LogP contribution in [0.2, 0.25) is 10.0 Å². The number of hydrogen-bond donors (Lipinski definition) is 1. The fourth-order valence-electron chi connectivity index (χ4n) is 1.75. The number of ether oxygens (including phenoxy) is 1. The first-order valence-corrected chi connectivity index (χ1v) is 7.38. The molecule has 7 heteroatoms. The molecule has 1 amide bonds. The van der Waals surface area contributed by atoms with E-state index in [1.54, 1.807) is 18.2 Å². The van der Waals surface area contributed by atoms with Crippen LogP contribution in [0.1, 0.15) is 11.1 Å². The summed E-state index contributed by atoms with van der Waals surface area (Å²) in [5, 5.41) is 4.46. The van der Waals surface area contributed by atoms with E-state index in [1.165, 1.54) is 18.2 Å². The molecule has 2 aromatic rings. The first-order chi connectivity index (χ1) is 11.0. The Hall–Kier alpha value is -2.11. The average Bonchev–Trinajstić information content (AvgIpc) is 2.49. The van der Waals surface area contributed by atoms with Crippen LogP contribution in [-0.2, 0) is 4.79 Å². The van der Waals surface area contributed by atoms with Gasteiger partial charge in [-0.25, -0.2) is 9.82 Å². The number of rotatable bonds is 5. The van der Waals surface area contributed by atoms with E-state index in [-0.39, 0.29) is 17.2 Å². The second kappa shape index (κ2) is 7.94. The van der Waals surface area contributed by atoms with Gasteiger partial charge < -0.3 is 4.74 Å². The van der Waals surface area contributed by atoms with Crippen LogP contribution in [-0.4, -0.2) is 18.7 Å². The molecule has 0 aliphatic heterocycles. The lowest BCUT2D eigenvalue weighted by molar-refractivity contribution is -0.123. The number of amides is 1. The molecular weight excluding hydrogens is 342 g/mol. The average molecular weight is 355 g/mol. The number of carbonyl (C=O) groups excluding carboxylic acids is 1. The molecule has 0 aliphatic carbocycles. The van der Waals surface area contributed by atoms with Crippen LogP contribution in [0.4, 0.5) is 4.39 Å². The van der Waals surface area contributed by atoms with Crippen LogP contribution in [0.25, 0.3) is 0 Å². The predicted octanol–water partition coefficient (Wildman–Crippen LogP) is 3.97. The molecule has 0 aromatic heterocycles. The first-order valence-electron chi connectivity index (χ1n) is 6.62. The Balaban J connectivity index is 1.89. The molecule has 0 spiro atoms. The number of nitrogens with one attached hydrogen (secondary N) is 1. The zero-order valence-corrected chi connectivity index (χ0v) is 13.7. The third kappa shape index (κ3) is 4.94. The topological polar surface area (TPSA) is 50.7 Å². The normalized spacial score (nSPS) is 10.8. The van der Waals surface area contributed by atoms with Gasteiger partial charge in [0.15, 0.2) is 6.61 Å². The van der Waals surface area contributed by atoms with E-state index >= 15 is 0 Å². The zero-order chi connectivity index (χ0) is 16.8. The molecule has 0 saturated carbocycles. The summed E-state index contributed by atoms with van der Waals surface area (Å²) in [5.41, 5.74) is 3.15. The third-order valence-electron chi connectivity index (χ3n) is 2.88. The standard InChI is InChI=1S/C16H13Cl2FN2O2/c1-10-7-11(17)5-6-15(10)23-9-16(22)21-20-8-12-13(18)3-2-4-14(12)19/h2-8H,9H2,1H3,(H,21,22). The molecular formula is C16H13Cl2FN2O2. The minimum atomic E-state index is -0.525.